The predicted molar refractivity (Wildman–Crippen MR) is 155 cm³/mol. The van der Waals surface area contributed by atoms with E-state index in [-0.39, 0.29) is 25.5 Å². The number of aryl methyl sites for hydroxylation is 1. The molecular weight excluding hydrogens is 536 g/mol. The van der Waals surface area contributed by atoms with Gasteiger partial charge in [0, 0.05) is 12.5 Å². The fraction of sp³-hybridized carbons (Fsp3) is 0.333. The number of likely N-dealkylation sites (tertiary alicyclic amines) is 1. The van der Waals surface area contributed by atoms with Gasteiger partial charge < -0.3 is 19.8 Å². The van der Waals surface area contributed by atoms with Crippen molar-refractivity contribution in [3.63, 3.8) is 0 Å². The van der Waals surface area contributed by atoms with E-state index >= 15 is 0 Å². The van der Waals surface area contributed by atoms with Crippen molar-refractivity contribution in [2.45, 2.75) is 56.7 Å². The SMILES string of the molecule is C[C@@H](C(=O)N1CCC[C@H]1C(=O)O)N(C(=O)OCC1c2ccccc2-c2ccccc21)[C@@H](CCc1ccccc1)C(=O)O. The van der Waals surface area contributed by atoms with Gasteiger partial charge in [0.25, 0.3) is 0 Å². The fourth-order valence-corrected chi connectivity index (χ4v) is 6.20. The number of rotatable bonds is 10. The van der Waals surface area contributed by atoms with E-state index in [4.69, 9.17) is 4.74 Å². The molecule has 0 saturated carbocycles. The number of carboxylic acids is 2. The van der Waals surface area contributed by atoms with Gasteiger partial charge in [-0.1, -0.05) is 78.9 Å². The lowest BCUT2D eigenvalue weighted by molar-refractivity contribution is -0.152. The third-order valence-electron chi connectivity index (χ3n) is 8.31. The molecule has 9 heteroatoms. The molecule has 2 aliphatic rings. The Labute approximate surface area is 244 Å². The number of benzene rings is 3. The molecule has 3 atom stereocenters. The first kappa shape index (κ1) is 28.9. The summed E-state index contributed by atoms with van der Waals surface area (Å²) < 4.78 is 5.83. The molecule has 0 bridgehead atoms. The molecule has 3 aromatic rings. The molecule has 3 aromatic carbocycles. The van der Waals surface area contributed by atoms with Gasteiger partial charge in [0.15, 0.2) is 0 Å². The second kappa shape index (κ2) is 12.5. The van der Waals surface area contributed by atoms with Crippen LogP contribution in [0.5, 0.6) is 0 Å². The Balaban J connectivity index is 1.41. The average molecular weight is 571 g/mol. The molecule has 0 aromatic heterocycles. The number of nitrogens with zero attached hydrogens (tertiary/aromatic N) is 2. The summed E-state index contributed by atoms with van der Waals surface area (Å²) in [6, 6.07) is 21.4. The van der Waals surface area contributed by atoms with Gasteiger partial charge in [-0.05, 0) is 60.4 Å². The van der Waals surface area contributed by atoms with E-state index in [1.54, 1.807) is 0 Å². The minimum atomic E-state index is -1.37. The molecule has 1 heterocycles. The minimum Gasteiger partial charge on any atom is -0.480 e. The van der Waals surface area contributed by atoms with Crippen LogP contribution >= 0.6 is 0 Å². The van der Waals surface area contributed by atoms with Crippen molar-refractivity contribution >= 4 is 23.9 Å². The second-order valence-corrected chi connectivity index (χ2v) is 10.8. The van der Waals surface area contributed by atoms with Crippen LogP contribution in [-0.4, -0.2) is 75.2 Å². The lowest BCUT2D eigenvalue weighted by Crippen LogP contribution is -2.57. The van der Waals surface area contributed by atoms with Gasteiger partial charge >= 0.3 is 18.0 Å². The van der Waals surface area contributed by atoms with E-state index < -0.39 is 42.1 Å². The molecular formula is C33H34N2O7. The van der Waals surface area contributed by atoms with E-state index in [9.17, 15) is 29.4 Å². The van der Waals surface area contributed by atoms with Crippen molar-refractivity contribution in [1.29, 1.82) is 0 Å². The largest absolute Gasteiger partial charge is 0.480 e. The predicted octanol–water partition coefficient (Wildman–Crippen LogP) is 4.79. The number of carbonyl (C=O) groups excluding carboxylic acids is 2. The molecule has 2 N–H and O–H groups in total. The Morgan fingerprint density at radius 1 is 0.905 bits per heavy atom. The van der Waals surface area contributed by atoms with E-state index in [1.807, 2.05) is 78.9 Å². The van der Waals surface area contributed by atoms with Crippen LogP contribution in [0.4, 0.5) is 4.79 Å². The molecule has 5 rings (SSSR count). The van der Waals surface area contributed by atoms with E-state index in [0.29, 0.717) is 19.3 Å². The van der Waals surface area contributed by atoms with Crippen molar-refractivity contribution < 1.29 is 34.1 Å². The molecule has 0 radical (unpaired) electrons. The summed E-state index contributed by atoms with van der Waals surface area (Å²) >= 11 is 0. The lowest BCUT2D eigenvalue weighted by Gasteiger charge is -2.35. The van der Waals surface area contributed by atoms with Crippen molar-refractivity contribution in [2.24, 2.45) is 0 Å². The summed E-state index contributed by atoms with van der Waals surface area (Å²) in [4.78, 5) is 54.0. The molecule has 1 fully saturated rings. The summed E-state index contributed by atoms with van der Waals surface area (Å²) in [5, 5.41) is 19.9. The maximum Gasteiger partial charge on any atom is 0.411 e. The first-order valence-electron chi connectivity index (χ1n) is 14.2. The Bertz CT molecular complexity index is 1430. The van der Waals surface area contributed by atoms with Crippen LogP contribution in [0.1, 0.15) is 48.8 Å². The van der Waals surface area contributed by atoms with Crippen LogP contribution in [0.2, 0.25) is 0 Å². The highest BCUT2D eigenvalue weighted by atomic mass is 16.6. The van der Waals surface area contributed by atoms with Crippen molar-refractivity contribution in [3.8, 4) is 11.1 Å². The van der Waals surface area contributed by atoms with Gasteiger partial charge in [-0.2, -0.15) is 0 Å². The van der Waals surface area contributed by atoms with Crippen molar-refractivity contribution in [3.05, 3.63) is 95.6 Å². The normalized spacial score (nSPS) is 17.2. The third kappa shape index (κ3) is 5.72. The van der Waals surface area contributed by atoms with Crippen molar-refractivity contribution in [2.75, 3.05) is 13.2 Å². The van der Waals surface area contributed by atoms with E-state index in [0.717, 1.165) is 32.7 Å². The number of fused-ring (bicyclic) bond motifs is 3. The topological polar surface area (TPSA) is 124 Å². The van der Waals surface area contributed by atoms with Crippen LogP contribution in [0.15, 0.2) is 78.9 Å². The first-order chi connectivity index (χ1) is 20.3. The highest BCUT2D eigenvalue weighted by Gasteiger charge is 2.43. The van der Waals surface area contributed by atoms with Gasteiger partial charge in [-0.3, -0.25) is 9.69 Å². The average Bonchev–Trinajstić information content (AvgIpc) is 3.61. The summed E-state index contributed by atoms with van der Waals surface area (Å²) in [6.07, 6.45) is 0.284. The van der Waals surface area contributed by atoms with Gasteiger partial charge in [-0.25, -0.2) is 14.4 Å². The number of hydrogen-bond acceptors (Lipinski definition) is 5. The Morgan fingerprint density at radius 2 is 1.50 bits per heavy atom. The van der Waals surface area contributed by atoms with Crippen LogP contribution < -0.4 is 0 Å². The zero-order valence-corrected chi connectivity index (χ0v) is 23.4. The lowest BCUT2D eigenvalue weighted by atomic mass is 9.98. The van der Waals surface area contributed by atoms with Crippen molar-refractivity contribution in [1.82, 2.24) is 9.80 Å². The van der Waals surface area contributed by atoms with Crippen LogP contribution in [-0.2, 0) is 25.5 Å². The number of carboxylic acid groups (broad SMARTS) is 2. The number of amides is 2. The Morgan fingerprint density at radius 3 is 2.10 bits per heavy atom. The van der Waals surface area contributed by atoms with Gasteiger partial charge in [0.2, 0.25) is 5.91 Å². The molecule has 1 aliphatic heterocycles. The highest BCUT2D eigenvalue weighted by molar-refractivity contribution is 5.91. The number of carbonyl (C=O) groups is 4. The van der Waals surface area contributed by atoms with Gasteiger partial charge in [0.1, 0.15) is 24.7 Å². The summed E-state index contributed by atoms with van der Waals surface area (Å²) in [7, 11) is 0. The number of aliphatic carboxylic acids is 2. The van der Waals surface area contributed by atoms with Crippen LogP contribution in [0.25, 0.3) is 11.1 Å². The number of hydrogen-bond donors (Lipinski definition) is 2. The molecule has 0 unspecified atom stereocenters. The highest BCUT2D eigenvalue weighted by Crippen LogP contribution is 2.44. The molecule has 1 aliphatic carbocycles. The summed E-state index contributed by atoms with van der Waals surface area (Å²) in [5.41, 5.74) is 5.00. The zero-order valence-electron chi connectivity index (χ0n) is 23.4. The molecule has 9 nitrogen and oxygen atoms in total. The second-order valence-electron chi connectivity index (χ2n) is 10.8. The first-order valence-corrected chi connectivity index (χ1v) is 14.2. The zero-order chi connectivity index (χ0) is 29.8. The maximum atomic E-state index is 13.8. The van der Waals surface area contributed by atoms with Gasteiger partial charge in [0.05, 0.1) is 0 Å². The van der Waals surface area contributed by atoms with E-state index in [1.165, 1.54) is 11.8 Å². The standard InChI is InChI=1S/C33H34N2O7/c1-21(30(36)34-19-9-16-28(34)31(37)38)35(29(32(39)40)18-17-22-10-3-2-4-11-22)33(41)42-20-27-25-14-7-5-12-23(25)24-13-6-8-15-26(24)27/h2-8,10-15,21,27-29H,9,16-20H2,1H3,(H,37,38)(H,39,40)/t21-,28-,29-/m0/s1. The monoisotopic (exact) mass is 570 g/mol. The summed E-state index contributed by atoms with van der Waals surface area (Å²) in [5.74, 6) is -3.26. The smallest absolute Gasteiger partial charge is 0.411 e. The molecule has 42 heavy (non-hydrogen) atoms. The Hall–Kier alpha value is -4.66. The van der Waals surface area contributed by atoms with Crippen LogP contribution in [0, 0.1) is 0 Å². The molecule has 0 spiro atoms. The van der Waals surface area contributed by atoms with Crippen LogP contribution in [0.3, 0.4) is 0 Å². The molecule has 2 amide bonds. The molecule has 1 saturated heterocycles. The third-order valence-corrected chi connectivity index (χ3v) is 8.31. The van der Waals surface area contributed by atoms with E-state index in [2.05, 4.69) is 0 Å². The quantitative estimate of drug-likeness (QED) is 0.359. The molecule has 218 valence electrons. The van der Waals surface area contributed by atoms with Gasteiger partial charge in [-0.15, -0.1) is 0 Å². The number of ether oxygens (including phenoxy) is 1. The minimum absolute atomic E-state index is 0.0449. The maximum absolute atomic E-state index is 13.8. The fourth-order valence-electron chi connectivity index (χ4n) is 6.20. The summed E-state index contributed by atoms with van der Waals surface area (Å²) in [6.45, 7) is 1.62. The Kier molecular flexibility index (Phi) is 8.56.